The molecule has 0 saturated carbocycles. The Hall–Kier alpha value is -0.250. The predicted molar refractivity (Wildman–Crippen MR) is 72.8 cm³/mol. The highest BCUT2D eigenvalue weighted by Gasteiger charge is 2.20. The van der Waals surface area contributed by atoms with Gasteiger partial charge >= 0.3 is 0 Å². The topological polar surface area (TPSA) is 16.1 Å². The molecule has 1 aromatic rings. The molecule has 0 N–H and O–H groups in total. The number of hydrogen-bond acceptors (Lipinski definition) is 3. The molecule has 0 aliphatic heterocycles. The third kappa shape index (κ3) is 4.32. The lowest BCUT2D eigenvalue weighted by atomic mass is 10.2. The van der Waals surface area contributed by atoms with E-state index >= 15 is 0 Å². The fraction of sp³-hybridized carbons (Fsp3) is 0.583. The van der Waals surface area contributed by atoms with Gasteiger partial charge in [-0.2, -0.15) is 0 Å². The van der Waals surface area contributed by atoms with Crippen LogP contribution in [0.4, 0.5) is 0 Å². The summed E-state index contributed by atoms with van der Waals surface area (Å²) in [7, 11) is 2.09. The average Bonchev–Trinajstić information content (AvgIpc) is 2.14. The SMILES string of the molecule is CC(c1cc(Cl)ccn1)N(C)SC(C)(C)C. The first-order valence-electron chi connectivity index (χ1n) is 5.33. The molecular weight excluding hydrogens is 240 g/mol. The molecule has 0 radical (unpaired) electrons. The summed E-state index contributed by atoms with van der Waals surface area (Å²) in [5.41, 5.74) is 1.01. The minimum Gasteiger partial charge on any atom is -0.260 e. The second-order valence-corrected chi connectivity index (χ2v) is 7.24. The number of pyridine rings is 1. The largest absolute Gasteiger partial charge is 0.260 e. The Balaban J connectivity index is 2.74. The molecule has 0 saturated heterocycles. The van der Waals surface area contributed by atoms with Crippen molar-refractivity contribution >= 4 is 23.5 Å². The predicted octanol–water partition coefficient (Wildman–Crippen LogP) is 4.17. The molecule has 1 heterocycles. The first-order chi connectivity index (χ1) is 7.29. The number of rotatable bonds is 3. The highest BCUT2D eigenvalue weighted by atomic mass is 35.5. The Bertz CT molecular complexity index is 349. The van der Waals surface area contributed by atoms with Gasteiger partial charge in [-0.1, -0.05) is 23.5 Å². The van der Waals surface area contributed by atoms with Gasteiger partial charge in [0, 0.05) is 16.0 Å². The van der Waals surface area contributed by atoms with E-state index in [0.29, 0.717) is 0 Å². The summed E-state index contributed by atoms with van der Waals surface area (Å²) in [4.78, 5) is 4.35. The molecule has 1 rings (SSSR count). The van der Waals surface area contributed by atoms with E-state index in [1.165, 1.54) is 0 Å². The smallest absolute Gasteiger partial charge is 0.0596 e. The van der Waals surface area contributed by atoms with Crippen LogP contribution in [0.25, 0.3) is 0 Å². The molecule has 0 spiro atoms. The molecule has 0 bridgehead atoms. The lowest BCUT2D eigenvalue weighted by Crippen LogP contribution is -2.23. The van der Waals surface area contributed by atoms with E-state index < -0.39 is 0 Å². The molecule has 1 atom stereocenters. The van der Waals surface area contributed by atoms with E-state index in [2.05, 4.69) is 44.0 Å². The van der Waals surface area contributed by atoms with Crippen LogP contribution in [0, 0.1) is 0 Å². The van der Waals surface area contributed by atoms with Crippen molar-refractivity contribution in [3.8, 4) is 0 Å². The van der Waals surface area contributed by atoms with E-state index in [1.807, 2.05) is 18.0 Å². The molecule has 0 aliphatic carbocycles. The second-order valence-electron chi connectivity index (χ2n) is 4.82. The van der Waals surface area contributed by atoms with Gasteiger partial charge in [-0.05, 0) is 46.9 Å². The van der Waals surface area contributed by atoms with Crippen LogP contribution < -0.4 is 0 Å². The zero-order valence-electron chi connectivity index (χ0n) is 10.5. The molecule has 1 aromatic heterocycles. The van der Waals surface area contributed by atoms with Gasteiger partial charge in [0.1, 0.15) is 0 Å². The Kier molecular flexibility index (Phi) is 4.65. The minimum atomic E-state index is 0.210. The molecule has 1 unspecified atom stereocenters. The lowest BCUT2D eigenvalue weighted by molar-refractivity contribution is 0.436. The van der Waals surface area contributed by atoms with Crippen LogP contribution in [0.15, 0.2) is 18.3 Å². The number of aromatic nitrogens is 1. The number of nitrogens with zero attached hydrogens (tertiary/aromatic N) is 2. The third-order valence-electron chi connectivity index (χ3n) is 2.13. The van der Waals surface area contributed by atoms with Crippen LogP contribution in [-0.2, 0) is 0 Å². The van der Waals surface area contributed by atoms with Gasteiger partial charge < -0.3 is 0 Å². The standard InChI is InChI=1S/C12H19ClN2S/c1-9(15(5)16-12(2,3)4)11-8-10(13)6-7-14-11/h6-9H,1-5H3. The van der Waals surface area contributed by atoms with Gasteiger partial charge in [0.05, 0.1) is 11.7 Å². The molecule has 90 valence electrons. The summed E-state index contributed by atoms with van der Waals surface area (Å²) < 4.78 is 2.43. The Morgan fingerprint density at radius 2 is 2.06 bits per heavy atom. The van der Waals surface area contributed by atoms with E-state index in [1.54, 1.807) is 12.3 Å². The molecule has 4 heteroatoms. The van der Waals surface area contributed by atoms with Gasteiger partial charge in [0.2, 0.25) is 0 Å². The van der Waals surface area contributed by atoms with E-state index in [-0.39, 0.29) is 10.8 Å². The summed E-state index contributed by atoms with van der Waals surface area (Å²) in [6.07, 6.45) is 1.75. The first-order valence-corrected chi connectivity index (χ1v) is 6.48. The highest BCUT2D eigenvalue weighted by Crippen LogP contribution is 2.32. The second kappa shape index (κ2) is 5.39. The third-order valence-corrected chi connectivity index (χ3v) is 3.52. The van der Waals surface area contributed by atoms with Gasteiger partial charge in [-0.15, -0.1) is 0 Å². The van der Waals surface area contributed by atoms with Crippen molar-refractivity contribution in [3.63, 3.8) is 0 Å². The molecule has 2 nitrogen and oxygen atoms in total. The van der Waals surface area contributed by atoms with E-state index in [9.17, 15) is 0 Å². The minimum absolute atomic E-state index is 0.210. The Morgan fingerprint density at radius 3 is 2.56 bits per heavy atom. The quantitative estimate of drug-likeness (QED) is 0.757. The molecule has 0 aliphatic rings. The van der Waals surface area contributed by atoms with Crippen molar-refractivity contribution < 1.29 is 0 Å². The monoisotopic (exact) mass is 258 g/mol. The van der Waals surface area contributed by atoms with Gasteiger partial charge in [-0.3, -0.25) is 4.98 Å². The van der Waals surface area contributed by atoms with Crippen LogP contribution in [0.3, 0.4) is 0 Å². The van der Waals surface area contributed by atoms with Gasteiger partial charge in [0.25, 0.3) is 0 Å². The van der Waals surface area contributed by atoms with Crippen molar-refractivity contribution in [3.05, 3.63) is 29.0 Å². The summed E-state index contributed by atoms with van der Waals surface area (Å²) in [5.74, 6) is 0. The summed E-state index contributed by atoms with van der Waals surface area (Å²) >= 11 is 7.78. The van der Waals surface area contributed by atoms with Crippen LogP contribution in [0.5, 0.6) is 0 Å². The number of halogens is 1. The molecule has 16 heavy (non-hydrogen) atoms. The maximum atomic E-state index is 5.96. The normalized spacial score (nSPS) is 14.2. The fourth-order valence-electron chi connectivity index (χ4n) is 1.35. The zero-order valence-corrected chi connectivity index (χ0v) is 12.1. The molecule has 0 fully saturated rings. The highest BCUT2D eigenvalue weighted by molar-refractivity contribution is 7.98. The maximum absolute atomic E-state index is 5.96. The van der Waals surface area contributed by atoms with Crippen molar-refractivity contribution in [1.82, 2.24) is 9.29 Å². The molecule has 0 amide bonds. The van der Waals surface area contributed by atoms with Crippen LogP contribution in [-0.4, -0.2) is 21.1 Å². The Morgan fingerprint density at radius 1 is 1.44 bits per heavy atom. The van der Waals surface area contributed by atoms with Crippen LogP contribution in [0.1, 0.15) is 39.4 Å². The van der Waals surface area contributed by atoms with Crippen molar-refractivity contribution in [2.75, 3.05) is 7.05 Å². The van der Waals surface area contributed by atoms with Crippen LogP contribution >= 0.6 is 23.5 Å². The first kappa shape index (κ1) is 13.8. The van der Waals surface area contributed by atoms with E-state index in [4.69, 9.17) is 11.6 Å². The molecular formula is C12H19ClN2S. The fourth-order valence-corrected chi connectivity index (χ4v) is 2.65. The van der Waals surface area contributed by atoms with Gasteiger partial charge in [0.15, 0.2) is 0 Å². The van der Waals surface area contributed by atoms with Crippen molar-refractivity contribution in [1.29, 1.82) is 0 Å². The number of hydrogen-bond donors (Lipinski definition) is 0. The van der Waals surface area contributed by atoms with Gasteiger partial charge in [-0.25, -0.2) is 4.31 Å². The zero-order chi connectivity index (χ0) is 12.3. The molecule has 0 aromatic carbocycles. The van der Waals surface area contributed by atoms with E-state index in [0.717, 1.165) is 10.7 Å². The summed E-state index contributed by atoms with van der Waals surface area (Å²) in [6.45, 7) is 8.74. The maximum Gasteiger partial charge on any atom is 0.0596 e. The van der Waals surface area contributed by atoms with Crippen molar-refractivity contribution in [2.24, 2.45) is 0 Å². The summed E-state index contributed by atoms with van der Waals surface area (Å²) in [5, 5.41) is 0.742. The van der Waals surface area contributed by atoms with Crippen LogP contribution in [0.2, 0.25) is 5.02 Å². The Labute approximate surface area is 108 Å². The lowest BCUT2D eigenvalue weighted by Gasteiger charge is -2.29. The van der Waals surface area contributed by atoms with Crippen molar-refractivity contribution in [2.45, 2.75) is 38.5 Å². The average molecular weight is 259 g/mol. The summed E-state index contributed by atoms with van der Waals surface area (Å²) in [6, 6.07) is 3.98.